The lowest BCUT2D eigenvalue weighted by Crippen LogP contribution is -2.41. The fraction of sp³-hybridized carbons (Fsp3) is 0.615. The zero-order valence-electron chi connectivity index (χ0n) is 12.8. The summed E-state index contributed by atoms with van der Waals surface area (Å²) in [6, 6.07) is 1.21. The van der Waals surface area contributed by atoms with Crippen LogP contribution in [0.4, 0.5) is 0 Å². The molecule has 0 aliphatic rings. The summed E-state index contributed by atoms with van der Waals surface area (Å²) in [6.07, 6.45) is 1.82. The van der Waals surface area contributed by atoms with E-state index >= 15 is 0 Å². The largest absolute Gasteiger partial charge is 0.388 e. The first-order chi connectivity index (χ1) is 9.42. The number of sulfonamides is 1. The maximum Gasteiger partial charge on any atom is 0.268 e. The second-order valence-electron chi connectivity index (χ2n) is 5.99. The summed E-state index contributed by atoms with van der Waals surface area (Å²) in [6.45, 7) is 5.69. The molecule has 0 aromatic carbocycles. The Bertz CT molecular complexity index is 617. The van der Waals surface area contributed by atoms with Gasteiger partial charge in [0.15, 0.2) is 0 Å². The fourth-order valence-electron chi connectivity index (χ4n) is 2.23. The molecule has 4 N–H and O–H groups in total. The number of hydrogen-bond acceptors (Lipinski definition) is 4. The topological polar surface area (TPSA) is 114 Å². The minimum absolute atomic E-state index is 0.0832. The van der Waals surface area contributed by atoms with Gasteiger partial charge in [0.25, 0.3) is 5.91 Å². The van der Waals surface area contributed by atoms with Crippen LogP contribution in [0.2, 0.25) is 0 Å². The van der Waals surface area contributed by atoms with E-state index in [9.17, 15) is 18.3 Å². The number of primary sulfonamides is 1. The van der Waals surface area contributed by atoms with E-state index < -0.39 is 21.5 Å². The minimum Gasteiger partial charge on any atom is -0.388 e. The Labute approximate surface area is 125 Å². The maximum absolute atomic E-state index is 12.1. The van der Waals surface area contributed by atoms with Crippen molar-refractivity contribution in [2.75, 3.05) is 6.54 Å². The molecule has 0 radical (unpaired) electrons. The van der Waals surface area contributed by atoms with Gasteiger partial charge in [-0.15, -0.1) is 0 Å². The predicted octanol–water partition coefficient (Wildman–Crippen LogP) is 0.199. The number of nitrogens with zero attached hydrogens (tertiary/aromatic N) is 1. The van der Waals surface area contributed by atoms with Crippen LogP contribution in [-0.2, 0) is 17.1 Å². The van der Waals surface area contributed by atoms with E-state index in [1.54, 1.807) is 14.0 Å². The molecule has 0 fully saturated rings. The number of amides is 1. The molecule has 0 spiro atoms. The first-order valence-corrected chi connectivity index (χ1v) is 8.17. The van der Waals surface area contributed by atoms with Gasteiger partial charge < -0.3 is 15.0 Å². The summed E-state index contributed by atoms with van der Waals surface area (Å²) in [5.41, 5.74) is -0.850. The summed E-state index contributed by atoms with van der Waals surface area (Å²) in [4.78, 5) is 11.9. The SMILES string of the molecule is CC(C)CC(C)(O)CNC(=O)c1cc(S(N)(=O)=O)cn1C. The molecule has 7 nitrogen and oxygen atoms in total. The van der Waals surface area contributed by atoms with Crippen molar-refractivity contribution in [3.05, 3.63) is 18.0 Å². The molecule has 0 saturated carbocycles. The van der Waals surface area contributed by atoms with E-state index in [-0.39, 0.29) is 17.1 Å². The highest BCUT2D eigenvalue weighted by Crippen LogP contribution is 2.16. The van der Waals surface area contributed by atoms with Gasteiger partial charge in [-0.25, -0.2) is 13.6 Å². The van der Waals surface area contributed by atoms with E-state index in [2.05, 4.69) is 5.32 Å². The molecule has 1 unspecified atom stereocenters. The monoisotopic (exact) mass is 317 g/mol. The molecular weight excluding hydrogens is 294 g/mol. The third-order valence-electron chi connectivity index (χ3n) is 3.02. The van der Waals surface area contributed by atoms with Crippen molar-refractivity contribution in [1.82, 2.24) is 9.88 Å². The first kappa shape index (κ1) is 17.7. The molecule has 1 heterocycles. The zero-order chi connectivity index (χ0) is 16.4. The Hall–Kier alpha value is -1.38. The van der Waals surface area contributed by atoms with E-state index in [4.69, 9.17) is 5.14 Å². The molecule has 0 aliphatic heterocycles. The third-order valence-corrected chi connectivity index (χ3v) is 3.90. The van der Waals surface area contributed by atoms with Crippen LogP contribution in [0.25, 0.3) is 0 Å². The van der Waals surface area contributed by atoms with Crippen LogP contribution in [0.1, 0.15) is 37.7 Å². The van der Waals surface area contributed by atoms with Gasteiger partial charge >= 0.3 is 0 Å². The third kappa shape index (κ3) is 5.14. The van der Waals surface area contributed by atoms with Gasteiger partial charge in [-0.1, -0.05) is 13.8 Å². The molecule has 120 valence electrons. The number of aryl methyl sites for hydroxylation is 1. The van der Waals surface area contributed by atoms with Gasteiger partial charge in [0.2, 0.25) is 10.0 Å². The van der Waals surface area contributed by atoms with Gasteiger partial charge in [0, 0.05) is 19.8 Å². The van der Waals surface area contributed by atoms with Crippen LogP contribution in [0.5, 0.6) is 0 Å². The Morgan fingerprint density at radius 3 is 2.52 bits per heavy atom. The zero-order valence-corrected chi connectivity index (χ0v) is 13.6. The molecule has 1 aromatic rings. The van der Waals surface area contributed by atoms with Crippen molar-refractivity contribution in [2.45, 2.75) is 37.7 Å². The molecular formula is C13H23N3O4S. The lowest BCUT2D eigenvalue weighted by Gasteiger charge is -2.25. The second-order valence-corrected chi connectivity index (χ2v) is 7.56. The molecule has 1 rings (SSSR count). The Morgan fingerprint density at radius 1 is 1.52 bits per heavy atom. The lowest BCUT2D eigenvalue weighted by atomic mass is 9.94. The summed E-state index contributed by atoms with van der Waals surface area (Å²) in [5, 5.41) is 17.8. The molecule has 1 atom stereocenters. The number of carbonyl (C=O) groups excluding carboxylic acids is 1. The van der Waals surface area contributed by atoms with Crippen LogP contribution >= 0.6 is 0 Å². The highest BCUT2D eigenvalue weighted by molar-refractivity contribution is 7.89. The van der Waals surface area contributed by atoms with Crippen LogP contribution in [-0.4, -0.2) is 36.1 Å². The van der Waals surface area contributed by atoms with Crippen molar-refractivity contribution in [1.29, 1.82) is 0 Å². The summed E-state index contributed by atoms with van der Waals surface area (Å²) in [7, 11) is -2.30. The Morgan fingerprint density at radius 2 is 2.10 bits per heavy atom. The highest BCUT2D eigenvalue weighted by Gasteiger charge is 2.24. The number of nitrogens with one attached hydrogen (secondary N) is 1. The molecule has 0 aliphatic carbocycles. The number of carbonyl (C=O) groups is 1. The van der Waals surface area contributed by atoms with E-state index in [0.29, 0.717) is 12.3 Å². The maximum atomic E-state index is 12.1. The molecule has 1 aromatic heterocycles. The number of rotatable bonds is 6. The van der Waals surface area contributed by atoms with Gasteiger partial charge in [-0.2, -0.15) is 0 Å². The average molecular weight is 317 g/mol. The van der Waals surface area contributed by atoms with Crippen molar-refractivity contribution < 1.29 is 18.3 Å². The van der Waals surface area contributed by atoms with Crippen LogP contribution in [0, 0.1) is 5.92 Å². The average Bonchev–Trinajstić information content (AvgIpc) is 2.66. The van der Waals surface area contributed by atoms with Crippen molar-refractivity contribution in [3.63, 3.8) is 0 Å². The summed E-state index contributed by atoms with van der Waals surface area (Å²) in [5.74, 6) is -0.169. The molecule has 0 saturated heterocycles. The van der Waals surface area contributed by atoms with Gasteiger partial charge in [-0.05, 0) is 25.3 Å². The van der Waals surface area contributed by atoms with Gasteiger partial charge in [0.1, 0.15) is 10.6 Å². The normalized spacial score (nSPS) is 15.0. The quantitative estimate of drug-likeness (QED) is 0.695. The highest BCUT2D eigenvalue weighted by atomic mass is 32.2. The van der Waals surface area contributed by atoms with Gasteiger partial charge in [0.05, 0.1) is 5.60 Å². The van der Waals surface area contributed by atoms with Gasteiger partial charge in [-0.3, -0.25) is 4.79 Å². The van der Waals surface area contributed by atoms with E-state index in [0.717, 1.165) is 0 Å². The number of aliphatic hydroxyl groups is 1. The Kier molecular flexibility index (Phi) is 5.19. The number of aromatic nitrogens is 1. The van der Waals surface area contributed by atoms with Crippen molar-refractivity contribution in [2.24, 2.45) is 18.1 Å². The second kappa shape index (κ2) is 6.17. The Balaban J connectivity index is 2.80. The van der Waals surface area contributed by atoms with Crippen LogP contribution in [0.15, 0.2) is 17.2 Å². The molecule has 8 heteroatoms. The van der Waals surface area contributed by atoms with E-state index in [1.807, 2.05) is 13.8 Å². The first-order valence-electron chi connectivity index (χ1n) is 6.62. The molecule has 0 bridgehead atoms. The summed E-state index contributed by atoms with van der Waals surface area (Å²) < 4.78 is 23.9. The van der Waals surface area contributed by atoms with Crippen LogP contribution < -0.4 is 10.5 Å². The minimum atomic E-state index is -3.85. The fourth-order valence-corrected chi connectivity index (χ4v) is 2.81. The number of hydrogen-bond donors (Lipinski definition) is 3. The van der Waals surface area contributed by atoms with E-state index in [1.165, 1.54) is 16.8 Å². The molecule has 1 amide bonds. The summed E-state index contributed by atoms with van der Waals surface area (Å²) >= 11 is 0. The van der Waals surface area contributed by atoms with Crippen LogP contribution in [0.3, 0.4) is 0 Å². The van der Waals surface area contributed by atoms with Crippen molar-refractivity contribution >= 4 is 15.9 Å². The standard InChI is InChI=1S/C13H23N3O4S/c1-9(2)6-13(3,18)8-15-12(17)11-5-10(7-16(11)4)21(14,19)20/h5,7,9,18H,6,8H2,1-4H3,(H,15,17)(H2,14,19,20). The predicted molar refractivity (Wildman–Crippen MR) is 79.2 cm³/mol. The molecule has 21 heavy (non-hydrogen) atoms. The lowest BCUT2D eigenvalue weighted by molar-refractivity contribution is 0.0367. The van der Waals surface area contributed by atoms with Crippen molar-refractivity contribution in [3.8, 4) is 0 Å². The smallest absolute Gasteiger partial charge is 0.268 e. The number of nitrogens with two attached hydrogens (primary N) is 1.